The van der Waals surface area contributed by atoms with Crippen LogP contribution in [-0.2, 0) is 0 Å². The van der Waals surface area contributed by atoms with Gasteiger partial charge >= 0.3 is 0 Å². The van der Waals surface area contributed by atoms with Gasteiger partial charge in [-0.1, -0.05) is 35.3 Å². The third-order valence-corrected chi connectivity index (χ3v) is 4.33. The lowest BCUT2D eigenvalue weighted by Gasteiger charge is -2.28. The molecule has 1 aliphatic carbocycles. The normalized spacial score (nSPS) is 22.8. The summed E-state index contributed by atoms with van der Waals surface area (Å²) in [5, 5.41) is 0.347. The monoisotopic (exact) mass is 319 g/mol. The van der Waals surface area contributed by atoms with Gasteiger partial charge in [0.15, 0.2) is 0 Å². The number of halogens is 4. The van der Waals surface area contributed by atoms with Crippen LogP contribution in [0.25, 0.3) is 0 Å². The van der Waals surface area contributed by atoms with Crippen molar-refractivity contribution in [1.29, 1.82) is 0 Å². The number of nitrogens with zero attached hydrogens (tertiary/aromatic N) is 1. The van der Waals surface area contributed by atoms with Gasteiger partial charge in [-0.3, -0.25) is 0 Å². The molecule has 2 atom stereocenters. The first-order chi connectivity index (χ1) is 8.93. The van der Waals surface area contributed by atoms with Crippen LogP contribution in [0.4, 0.5) is 10.1 Å². The van der Waals surface area contributed by atoms with E-state index < -0.39 is 11.3 Å². The molecule has 0 spiro atoms. The Morgan fingerprint density at radius 1 is 1.21 bits per heavy atom. The lowest BCUT2D eigenvalue weighted by atomic mass is 9.89. The lowest BCUT2D eigenvalue weighted by Crippen LogP contribution is -2.21. The highest BCUT2D eigenvalue weighted by molar-refractivity contribution is 6.41. The van der Waals surface area contributed by atoms with Crippen LogP contribution in [-0.4, -0.2) is 19.5 Å². The third-order valence-electron chi connectivity index (χ3n) is 3.07. The summed E-state index contributed by atoms with van der Waals surface area (Å²) >= 11 is 18.5. The minimum Gasteiger partial charge on any atom is -0.377 e. The lowest BCUT2D eigenvalue weighted by molar-refractivity contribution is 0.598. The molecule has 5 heteroatoms. The van der Waals surface area contributed by atoms with Crippen molar-refractivity contribution >= 4 is 40.5 Å². The van der Waals surface area contributed by atoms with Gasteiger partial charge in [0.2, 0.25) is 0 Å². The SMILES string of the molecule is CN(C)c1cccc(F)c1C1C(Cl)=C(Cl)C=CC1Cl. The van der Waals surface area contributed by atoms with Crippen molar-refractivity contribution in [3.05, 3.63) is 51.8 Å². The Labute approximate surface area is 127 Å². The Morgan fingerprint density at radius 3 is 2.53 bits per heavy atom. The summed E-state index contributed by atoms with van der Waals surface area (Å²) in [4.78, 5) is 1.83. The molecule has 1 nitrogen and oxygen atoms in total. The Morgan fingerprint density at radius 2 is 1.89 bits per heavy atom. The fourth-order valence-electron chi connectivity index (χ4n) is 2.16. The Balaban J connectivity index is 2.61. The van der Waals surface area contributed by atoms with Crippen molar-refractivity contribution in [2.45, 2.75) is 11.3 Å². The minimum absolute atomic E-state index is 0.334. The maximum atomic E-state index is 14.2. The largest absolute Gasteiger partial charge is 0.377 e. The summed E-state index contributed by atoms with van der Waals surface area (Å²) in [6.45, 7) is 0. The van der Waals surface area contributed by atoms with Crippen molar-refractivity contribution in [2.75, 3.05) is 19.0 Å². The van der Waals surface area contributed by atoms with E-state index in [1.54, 1.807) is 18.2 Å². The molecule has 0 N–H and O–H groups in total. The molecule has 0 aromatic heterocycles. The van der Waals surface area contributed by atoms with Gasteiger partial charge in [0.05, 0.1) is 10.4 Å². The zero-order valence-electron chi connectivity index (χ0n) is 10.5. The third kappa shape index (κ3) is 2.76. The van der Waals surface area contributed by atoms with Crippen LogP contribution >= 0.6 is 34.8 Å². The van der Waals surface area contributed by atoms with Crippen molar-refractivity contribution < 1.29 is 4.39 Å². The van der Waals surface area contributed by atoms with Crippen LogP contribution in [0.3, 0.4) is 0 Å². The highest BCUT2D eigenvalue weighted by Crippen LogP contribution is 2.44. The summed E-state index contributed by atoms with van der Waals surface area (Å²) in [7, 11) is 3.69. The van der Waals surface area contributed by atoms with E-state index in [2.05, 4.69) is 0 Å². The molecule has 19 heavy (non-hydrogen) atoms. The zero-order valence-corrected chi connectivity index (χ0v) is 12.8. The summed E-state index contributed by atoms with van der Waals surface area (Å²) in [5.74, 6) is -0.806. The van der Waals surface area contributed by atoms with E-state index in [1.807, 2.05) is 25.1 Å². The fourth-order valence-corrected chi connectivity index (χ4v) is 3.05. The fraction of sp³-hybridized carbons (Fsp3) is 0.286. The number of hydrogen-bond acceptors (Lipinski definition) is 1. The smallest absolute Gasteiger partial charge is 0.129 e. The summed E-state index contributed by atoms with van der Waals surface area (Å²) in [5.41, 5.74) is 1.22. The number of alkyl halides is 1. The van der Waals surface area contributed by atoms with E-state index in [1.165, 1.54) is 6.07 Å². The van der Waals surface area contributed by atoms with Crippen molar-refractivity contribution in [2.24, 2.45) is 0 Å². The second-order valence-corrected chi connectivity index (χ2v) is 5.86. The molecule has 2 rings (SSSR count). The average Bonchev–Trinajstić information content (AvgIpc) is 2.36. The second kappa shape index (κ2) is 5.74. The van der Waals surface area contributed by atoms with Gasteiger partial charge in [-0.15, -0.1) is 11.6 Å². The average molecular weight is 321 g/mol. The molecule has 0 fully saturated rings. The van der Waals surface area contributed by atoms with Crippen LogP contribution in [0.2, 0.25) is 0 Å². The molecule has 0 amide bonds. The molecular weight excluding hydrogens is 308 g/mol. The Hall–Kier alpha value is -0.700. The maximum absolute atomic E-state index is 14.2. The van der Waals surface area contributed by atoms with E-state index in [-0.39, 0.29) is 5.82 Å². The highest BCUT2D eigenvalue weighted by Gasteiger charge is 2.32. The van der Waals surface area contributed by atoms with E-state index in [4.69, 9.17) is 34.8 Å². The molecule has 102 valence electrons. The van der Waals surface area contributed by atoms with Gasteiger partial charge in [0, 0.05) is 36.3 Å². The predicted octanol–water partition coefficient (Wildman–Crippen LogP) is 4.84. The quantitative estimate of drug-likeness (QED) is 0.705. The van der Waals surface area contributed by atoms with Crippen LogP contribution in [0.15, 0.2) is 40.4 Å². The molecule has 1 aliphatic rings. The first-order valence-electron chi connectivity index (χ1n) is 5.76. The van der Waals surface area contributed by atoms with Gasteiger partial charge in [0.1, 0.15) is 5.82 Å². The van der Waals surface area contributed by atoms with Gasteiger partial charge in [0.25, 0.3) is 0 Å². The van der Waals surface area contributed by atoms with Gasteiger partial charge in [-0.25, -0.2) is 4.39 Å². The molecule has 0 bridgehead atoms. The van der Waals surface area contributed by atoms with E-state index in [0.29, 0.717) is 15.6 Å². The van der Waals surface area contributed by atoms with E-state index in [0.717, 1.165) is 5.69 Å². The van der Waals surface area contributed by atoms with Gasteiger partial charge < -0.3 is 4.90 Å². The predicted molar refractivity (Wildman–Crippen MR) is 81.0 cm³/mol. The zero-order chi connectivity index (χ0) is 14.2. The number of hydrogen-bond donors (Lipinski definition) is 0. The summed E-state index contributed by atoms with van der Waals surface area (Å²) in [6.07, 6.45) is 3.38. The molecule has 2 unspecified atom stereocenters. The van der Waals surface area contributed by atoms with Gasteiger partial charge in [-0.2, -0.15) is 0 Å². The minimum atomic E-state index is -0.473. The van der Waals surface area contributed by atoms with Gasteiger partial charge in [-0.05, 0) is 18.2 Å². The molecule has 0 saturated carbocycles. The number of allylic oxidation sites excluding steroid dienone is 4. The van der Waals surface area contributed by atoms with Crippen molar-refractivity contribution in [3.8, 4) is 0 Å². The van der Waals surface area contributed by atoms with Crippen molar-refractivity contribution in [1.82, 2.24) is 0 Å². The van der Waals surface area contributed by atoms with Crippen LogP contribution in [0.1, 0.15) is 11.5 Å². The summed E-state index contributed by atoms with van der Waals surface area (Å²) < 4.78 is 14.2. The summed E-state index contributed by atoms with van der Waals surface area (Å²) in [6, 6.07) is 4.90. The maximum Gasteiger partial charge on any atom is 0.129 e. The standard InChI is InChI=1S/C14H13Cl3FN/c1-19(2)11-5-3-4-10(18)13(11)12-8(15)6-7-9(16)14(12)17/h3-8,12H,1-2H3. The molecule has 0 aliphatic heterocycles. The molecule has 0 heterocycles. The van der Waals surface area contributed by atoms with E-state index in [9.17, 15) is 4.39 Å². The first-order valence-corrected chi connectivity index (χ1v) is 6.96. The number of rotatable bonds is 2. The topological polar surface area (TPSA) is 3.24 Å². The molecule has 0 saturated heterocycles. The molecule has 1 aromatic carbocycles. The van der Waals surface area contributed by atoms with Crippen LogP contribution in [0.5, 0.6) is 0 Å². The highest BCUT2D eigenvalue weighted by atomic mass is 35.5. The molecular formula is C14H13Cl3FN. The number of anilines is 1. The van der Waals surface area contributed by atoms with Crippen LogP contribution < -0.4 is 4.90 Å². The van der Waals surface area contributed by atoms with E-state index >= 15 is 0 Å². The molecule has 0 radical (unpaired) electrons. The Kier molecular flexibility index (Phi) is 4.44. The van der Waals surface area contributed by atoms with Crippen LogP contribution in [0, 0.1) is 5.82 Å². The van der Waals surface area contributed by atoms with Crippen molar-refractivity contribution in [3.63, 3.8) is 0 Å². The second-order valence-electron chi connectivity index (χ2n) is 4.54. The first kappa shape index (κ1) is 14.7. The molecule has 1 aromatic rings. The Bertz CT molecular complexity index is 552. The number of benzene rings is 1.